The van der Waals surface area contributed by atoms with E-state index in [1.807, 2.05) is 25.1 Å². The fraction of sp³-hybridized carbons (Fsp3) is 0.211. The molecule has 0 unspecified atom stereocenters. The monoisotopic (exact) mass is 393 g/mol. The molecule has 0 saturated heterocycles. The van der Waals surface area contributed by atoms with Gasteiger partial charge in [0.1, 0.15) is 5.65 Å². The minimum Gasteiger partial charge on any atom is -0.298 e. The lowest BCUT2D eigenvalue weighted by Gasteiger charge is -2.08. The van der Waals surface area contributed by atoms with Crippen LogP contribution in [0.3, 0.4) is 0 Å². The summed E-state index contributed by atoms with van der Waals surface area (Å²) in [6, 6.07) is 7.41. The first-order valence-electron chi connectivity index (χ1n) is 8.83. The van der Waals surface area contributed by atoms with Crippen LogP contribution in [0, 0.1) is 6.92 Å². The summed E-state index contributed by atoms with van der Waals surface area (Å²) in [5.41, 5.74) is 1.46. The zero-order valence-corrected chi connectivity index (χ0v) is 15.7. The second kappa shape index (κ2) is 6.10. The van der Waals surface area contributed by atoms with E-state index in [1.165, 1.54) is 28.2 Å². The summed E-state index contributed by atoms with van der Waals surface area (Å²) in [6.07, 6.45) is 3.14. The number of hydrogen-bond acceptors (Lipinski definition) is 6. The van der Waals surface area contributed by atoms with Crippen molar-refractivity contribution in [3.63, 3.8) is 0 Å². The molecule has 1 amide bonds. The molecular weight excluding hydrogens is 378 g/mol. The van der Waals surface area contributed by atoms with Crippen LogP contribution in [0.1, 0.15) is 34.8 Å². The molecule has 3 aromatic heterocycles. The Balaban J connectivity index is 1.52. The highest BCUT2D eigenvalue weighted by Crippen LogP contribution is 2.34. The van der Waals surface area contributed by atoms with Crippen molar-refractivity contribution < 1.29 is 4.79 Å². The van der Waals surface area contributed by atoms with Gasteiger partial charge in [0.25, 0.3) is 11.5 Å². The Hall–Kier alpha value is -3.33. The highest BCUT2D eigenvalue weighted by atomic mass is 32.1. The quantitative estimate of drug-likeness (QED) is 0.556. The van der Waals surface area contributed by atoms with E-state index in [2.05, 4.69) is 20.3 Å². The van der Waals surface area contributed by atoms with Gasteiger partial charge in [0, 0.05) is 12.2 Å². The van der Waals surface area contributed by atoms with E-state index in [9.17, 15) is 14.4 Å². The van der Waals surface area contributed by atoms with Crippen molar-refractivity contribution in [3.8, 4) is 0 Å². The van der Waals surface area contributed by atoms with E-state index >= 15 is 0 Å². The van der Waals surface area contributed by atoms with Crippen molar-refractivity contribution in [2.75, 3.05) is 5.32 Å². The van der Waals surface area contributed by atoms with Gasteiger partial charge >= 0.3 is 5.69 Å². The molecule has 8 nitrogen and oxygen atoms in total. The lowest BCUT2D eigenvalue weighted by atomic mass is 10.2. The summed E-state index contributed by atoms with van der Waals surface area (Å²) in [5.74, 6) is -0.409. The van der Waals surface area contributed by atoms with Crippen LogP contribution in [0.25, 0.3) is 21.3 Å². The summed E-state index contributed by atoms with van der Waals surface area (Å²) in [6.45, 7) is 2.00. The molecule has 1 aromatic carbocycles. The van der Waals surface area contributed by atoms with Gasteiger partial charge < -0.3 is 0 Å². The molecule has 1 saturated carbocycles. The molecule has 0 spiro atoms. The van der Waals surface area contributed by atoms with Crippen molar-refractivity contribution in [1.82, 2.24) is 19.5 Å². The first-order valence-corrected chi connectivity index (χ1v) is 9.64. The number of amides is 1. The van der Waals surface area contributed by atoms with Crippen molar-refractivity contribution in [3.05, 3.63) is 62.4 Å². The third-order valence-electron chi connectivity index (χ3n) is 4.72. The van der Waals surface area contributed by atoms with Crippen LogP contribution in [0.5, 0.6) is 0 Å². The Labute approximate surface area is 161 Å². The molecule has 4 aromatic rings. The van der Waals surface area contributed by atoms with E-state index in [-0.39, 0.29) is 17.0 Å². The smallest absolute Gasteiger partial charge is 0.298 e. The Morgan fingerprint density at radius 1 is 1.29 bits per heavy atom. The standard InChI is InChI=1S/C19H15N5O3S/c1-9-2-5-13-14(6-9)28-18(21-13)22-16(25)10-7-12-15(20-8-10)24(11-3-4-11)19(27)23-17(12)26/h2,5-8,11H,3-4H2,1H3,(H,21,22,25)(H,23,26,27). The van der Waals surface area contributed by atoms with Gasteiger partial charge in [-0.15, -0.1) is 0 Å². The van der Waals surface area contributed by atoms with E-state index in [0.717, 1.165) is 28.6 Å². The molecule has 0 radical (unpaired) electrons. The number of benzene rings is 1. The largest absolute Gasteiger partial charge is 0.330 e. The number of hydrogen-bond donors (Lipinski definition) is 2. The minimum absolute atomic E-state index is 0.0604. The van der Waals surface area contributed by atoms with Crippen LogP contribution in [-0.4, -0.2) is 25.4 Å². The van der Waals surface area contributed by atoms with Crippen molar-refractivity contribution in [2.24, 2.45) is 0 Å². The van der Waals surface area contributed by atoms with Crippen LogP contribution < -0.4 is 16.6 Å². The number of aromatic amines is 1. The molecule has 1 aliphatic carbocycles. The van der Waals surface area contributed by atoms with Gasteiger partial charge in [-0.25, -0.2) is 14.8 Å². The Kier molecular flexibility index (Phi) is 3.66. The zero-order valence-electron chi connectivity index (χ0n) is 14.9. The summed E-state index contributed by atoms with van der Waals surface area (Å²) in [4.78, 5) is 47.9. The molecule has 5 rings (SSSR count). The lowest BCUT2D eigenvalue weighted by molar-refractivity contribution is 0.102. The number of aromatic nitrogens is 4. The number of nitrogens with zero attached hydrogens (tertiary/aromatic N) is 3. The molecule has 1 aliphatic rings. The number of aryl methyl sites for hydroxylation is 1. The molecular formula is C19H15N5O3S. The zero-order chi connectivity index (χ0) is 19.4. The van der Waals surface area contributed by atoms with Crippen molar-refractivity contribution in [2.45, 2.75) is 25.8 Å². The number of carbonyl (C=O) groups excluding carboxylic acids is 1. The highest BCUT2D eigenvalue weighted by Gasteiger charge is 2.27. The number of thiazole rings is 1. The first kappa shape index (κ1) is 16.8. The molecule has 140 valence electrons. The van der Waals surface area contributed by atoms with Gasteiger partial charge in [-0.1, -0.05) is 17.4 Å². The van der Waals surface area contributed by atoms with Crippen LogP contribution >= 0.6 is 11.3 Å². The summed E-state index contributed by atoms with van der Waals surface area (Å²) < 4.78 is 2.48. The van der Waals surface area contributed by atoms with E-state index in [1.54, 1.807) is 0 Å². The third-order valence-corrected chi connectivity index (χ3v) is 5.65. The average molecular weight is 393 g/mol. The Morgan fingerprint density at radius 3 is 2.89 bits per heavy atom. The third kappa shape index (κ3) is 2.80. The number of H-pyrrole nitrogens is 1. The normalized spacial score (nSPS) is 13.9. The Bertz CT molecular complexity index is 1380. The van der Waals surface area contributed by atoms with E-state index in [4.69, 9.17) is 0 Å². The maximum atomic E-state index is 12.6. The lowest BCUT2D eigenvalue weighted by Crippen LogP contribution is -2.30. The molecule has 0 atom stereocenters. The SMILES string of the molecule is Cc1ccc2nc(NC(=O)c3cnc4c(c3)c(=O)[nH]c(=O)n4C3CC3)sc2c1. The van der Waals surface area contributed by atoms with Gasteiger partial charge in [-0.05, 0) is 43.5 Å². The molecule has 1 fully saturated rings. The average Bonchev–Trinajstić information content (AvgIpc) is 3.41. The molecule has 3 heterocycles. The van der Waals surface area contributed by atoms with E-state index in [0.29, 0.717) is 10.8 Å². The fourth-order valence-electron chi connectivity index (χ4n) is 3.19. The highest BCUT2D eigenvalue weighted by molar-refractivity contribution is 7.22. The number of carbonyl (C=O) groups is 1. The predicted molar refractivity (Wildman–Crippen MR) is 107 cm³/mol. The summed E-state index contributed by atoms with van der Waals surface area (Å²) in [7, 11) is 0. The number of rotatable bonds is 3. The van der Waals surface area contributed by atoms with Gasteiger partial charge in [-0.3, -0.25) is 24.5 Å². The van der Waals surface area contributed by atoms with Crippen molar-refractivity contribution in [1.29, 1.82) is 0 Å². The summed E-state index contributed by atoms with van der Waals surface area (Å²) in [5, 5.41) is 3.46. The predicted octanol–water partition coefficient (Wildman–Crippen LogP) is 2.59. The second-order valence-electron chi connectivity index (χ2n) is 6.90. The van der Waals surface area contributed by atoms with Gasteiger partial charge in [0.05, 0.1) is 21.2 Å². The molecule has 9 heteroatoms. The first-order chi connectivity index (χ1) is 13.5. The number of pyridine rings is 1. The summed E-state index contributed by atoms with van der Waals surface area (Å²) >= 11 is 1.38. The number of fused-ring (bicyclic) bond motifs is 2. The van der Waals surface area contributed by atoms with Gasteiger partial charge in [-0.2, -0.15) is 0 Å². The molecule has 0 bridgehead atoms. The maximum Gasteiger partial charge on any atom is 0.330 e. The Morgan fingerprint density at radius 2 is 2.11 bits per heavy atom. The van der Waals surface area contributed by atoms with Crippen LogP contribution in [0.4, 0.5) is 5.13 Å². The molecule has 28 heavy (non-hydrogen) atoms. The van der Waals surface area contributed by atoms with Crippen LogP contribution in [0.15, 0.2) is 40.1 Å². The number of nitrogens with one attached hydrogen (secondary N) is 2. The molecule has 0 aliphatic heterocycles. The number of anilines is 1. The van der Waals surface area contributed by atoms with Crippen molar-refractivity contribution >= 4 is 43.6 Å². The minimum atomic E-state index is -0.547. The fourth-order valence-corrected chi connectivity index (χ4v) is 4.15. The van der Waals surface area contributed by atoms with Gasteiger partial charge in [0.15, 0.2) is 5.13 Å². The van der Waals surface area contributed by atoms with Gasteiger partial charge in [0.2, 0.25) is 0 Å². The maximum absolute atomic E-state index is 12.6. The molecule has 2 N–H and O–H groups in total. The van der Waals surface area contributed by atoms with Crippen LogP contribution in [0.2, 0.25) is 0 Å². The van der Waals surface area contributed by atoms with E-state index < -0.39 is 17.2 Å². The second-order valence-corrected chi connectivity index (χ2v) is 7.93. The van der Waals surface area contributed by atoms with Crippen LogP contribution in [-0.2, 0) is 0 Å². The topological polar surface area (TPSA) is 110 Å².